The quantitative estimate of drug-likeness (QED) is 0.152. The van der Waals surface area contributed by atoms with Gasteiger partial charge < -0.3 is 38.8 Å². The van der Waals surface area contributed by atoms with E-state index in [1.54, 1.807) is 14.0 Å². The summed E-state index contributed by atoms with van der Waals surface area (Å²) in [6, 6.07) is -1.07. The zero-order chi connectivity index (χ0) is 41.5. The Labute approximate surface area is 339 Å². The SMILES string of the molecule is CC[C@@H]1C=C(C)C[C@H](C)C[C@H](OC)[C@H]2O[C@@](O)(C(=O)C(=O)N3CCCCC3C(=O)OC([C@@H]3CC[C@H](Cl)[C@H](OC)C3)C(C)=C[C@H](C)[C@@H](O)CC1=O)[C@H](C)C[C@@H]2OC. The average Bonchev–Trinajstić information content (AvgIpc) is 3.17. The second-order valence-electron chi connectivity index (χ2n) is 17.1. The molecule has 318 valence electrons. The predicted molar refractivity (Wildman–Crippen MR) is 212 cm³/mol. The summed E-state index contributed by atoms with van der Waals surface area (Å²) in [6.45, 7) is 11.5. The third-order valence-corrected chi connectivity index (χ3v) is 13.3. The van der Waals surface area contributed by atoms with Crippen molar-refractivity contribution < 1.29 is 53.1 Å². The van der Waals surface area contributed by atoms with Gasteiger partial charge in [-0.3, -0.25) is 14.4 Å². The Morgan fingerprint density at radius 1 is 0.893 bits per heavy atom. The van der Waals surface area contributed by atoms with E-state index in [1.165, 1.54) is 19.1 Å². The lowest BCUT2D eigenvalue weighted by Crippen LogP contribution is -2.64. The number of halogens is 1. The van der Waals surface area contributed by atoms with Gasteiger partial charge in [-0.25, -0.2) is 4.79 Å². The van der Waals surface area contributed by atoms with Crippen molar-refractivity contribution in [1.82, 2.24) is 4.90 Å². The molecule has 2 saturated heterocycles. The van der Waals surface area contributed by atoms with Gasteiger partial charge in [0.05, 0.1) is 29.8 Å². The van der Waals surface area contributed by atoms with Crippen molar-refractivity contribution in [3.8, 4) is 0 Å². The van der Waals surface area contributed by atoms with Crippen molar-refractivity contribution in [3.63, 3.8) is 0 Å². The van der Waals surface area contributed by atoms with Gasteiger partial charge in [-0.2, -0.15) is 0 Å². The van der Waals surface area contributed by atoms with Crippen molar-refractivity contribution >= 4 is 35.0 Å². The van der Waals surface area contributed by atoms with Crippen LogP contribution in [0.15, 0.2) is 23.3 Å². The Kier molecular flexibility index (Phi) is 17.2. The summed E-state index contributed by atoms with van der Waals surface area (Å²) in [4.78, 5) is 57.6. The molecule has 0 aromatic carbocycles. The number of aliphatic hydroxyl groups excluding tert-OH is 1. The van der Waals surface area contributed by atoms with Crippen LogP contribution in [0.5, 0.6) is 0 Å². The first-order valence-corrected chi connectivity index (χ1v) is 21.2. The van der Waals surface area contributed by atoms with Crippen LogP contribution in [0, 0.1) is 29.6 Å². The largest absolute Gasteiger partial charge is 0.456 e. The first kappa shape index (κ1) is 46.5. The highest BCUT2D eigenvalue weighted by molar-refractivity contribution is 6.39. The summed E-state index contributed by atoms with van der Waals surface area (Å²) in [5.74, 6) is -7.11. The van der Waals surface area contributed by atoms with Gasteiger partial charge in [0, 0.05) is 58.0 Å². The second-order valence-corrected chi connectivity index (χ2v) is 17.7. The number of nitrogens with zero attached hydrogens (tertiary/aromatic N) is 1. The number of esters is 1. The molecule has 14 atom stereocenters. The van der Waals surface area contributed by atoms with Crippen molar-refractivity contribution in [2.75, 3.05) is 27.9 Å². The minimum atomic E-state index is -2.49. The fraction of sp³-hybridized carbons (Fsp3) is 0.814. The Balaban J connectivity index is 1.77. The summed E-state index contributed by atoms with van der Waals surface area (Å²) >= 11 is 6.61. The first-order chi connectivity index (χ1) is 26.5. The molecule has 0 spiro atoms. The van der Waals surface area contributed by atoms with E-state index < -0.39 is 71.8 Å². The molecule has 4 aliphatic rings. The van der Waals surface area contributed by atoms with Crippen molar-refractivity contribution in [2.24, 2.45) is 29.6 Å². The van der Waals surface area contributed by atoms with E-state index in [1.807, 2.05) is 39.8 Å². The number of fused-ring (bicyclic) bond motifs is 3. The van der Waals surface area contributed by atoms with E-state index in [0.29, 0.717) is 56.9 Å². The van der Waals surface area contributed by atoms with Crippen LogP contribution in [0.3, 0.4) is 0 Å². The lowest BCUT2D eigenvalue weighted by Gasteiger charge is -2.47. The number of rotatable bonds is 5. The molecule has 3 heterocycles. The smallest absolute Gasteiger partial charge is 0.329 e. The molecule has 56 heavy (non-hydrogen) atoms. The zero-order valence-corrected chi connectivity index (χ0v) is 35.8. The van der Waals surface area contributed by atoms with Gasteiger partial charge in [0.25, 0.3) is 11.7 Å². The van der Waals surface area contributed by atoms with Crippen LogP contribution in [0.25, 0.3) is 0 Å². The summed E-state index contributed by atoms with van der Waals surface area (Å²) in [5.41, 5.74) is 1.72. The molecule has 3 fully saturated rings. The molecule has 3 aliphatic heterocycles. The topological polar surface area (TPSA) is 158 Å². The molecule has 2 N–H and O–H groups in total. The average molecular weight is 810 g/mol. The number of hydrogen-bond acceptors (Lipinski definition) is 11. The van der Waals surface area contributed by atoms with Gasteiger partial charge in [-0.1, -0.05) is 45.4 Å². The van der Waals surface area contributed by atoms with Gasteiger partial charge in [0.2, 0.25) is 5.79 Å². The van der Waals surface area contributed by atoms with E-state index in [-0.39, 0.29) is 60.8 Å². The molecule has 2 unspecified atom stereocenters. The maximum absolute atomic E-state index is 14.3. The van der Waals surface area contributed by atoms with Crippen LogP contribution in [-0.2, 0) is 42.9 Å². The first-order valence-electron chi connectivity index (χ1n) is 20.7. The number of ketones is 2. The number of aliphatic hydroxyl groups is 2. The molecule has 1 aliphatic carbocycles. The van der Waals surface area contributed by atoms with Crippen LogP contribution in [0.1, 0.15) is 112 Å². The third kappa shape index (κ3) is 10.9. The van der Waals surface area contributed by atoms with Gasteiger partial charge >= 0.3 is 5.97 Å². The fourth-order valence-corrected chi connectivity index (χ4v) is 9.71. The Bertz CT molecular complexity index is 1440. The maximum atomic E-state index is 14.3. The number of ether oxygens (including phenoxy) is 5. The van der Waals surface area contributed by atoms with Gasteiger partial charge in [-0.15, -0.1) is 11.6 Å². The van der Waals surface area contributed by atoms with E-state index >= 15 is 0 Å². The van der Waals surface area contributed by atoms with Crippen molar-refractivity contribution in [2.45, 2.75) is 166 Å². The highest BCUT2D eigenvalue weighted by Gasteiger charge is 2.56. The Hall–Kier alpha value is -2.19. The molecule has 0 aromatic rings. The standard InChI is InChI=1S/C43H68ClNO11/c1-10-29-18-24(2)17-25(3)19-36(53-8)39-37(54-9)21-28(6)43(51,56-39)40(48)41(49)45-16-12-11-13-32(45)42(50)55-38(30-14-15-31(44)35(22-30)52-7)27(5)20-26(4)33(46)23-34(29)47/h18,20,25-26,28-33,35-39,46,51H,10-17,19,21-23H2,1-9H3/t25-,26-,28+,29+,30+,31-,32?,33-,35+,36-,37-,38?,39+,43+/m0/s1. The molecular formula is C43H68ClNO11. The third-order valence-electron chi connectivity index (χ3n) is 12.8. The van der Waals surface area contributed by atoms with Crippen LogP contribution < -0.4 is 0 Å². The van der Waals surface area contributed by atoms with E-state index in [4.69, 9.17) is 35.3 Å². The van der Waals surface area contributed by atoms with Crippen molar-refractivity contribution in [3.05, 3.63) is 23.3 Å². The predicted octanol–water partition coefficient (Wildman–Crippen LogP) is 5.72. The molecule has 12 nitrogen and oxygen atoms in total. The lowest BCUT2D eigenvalue weighted by molar-refractivity contribution is -0.302. The number of carbonyl (C=O) groups excluding carboxylic acids is 4. The van der Waals surface area contributed by atoms with Crippen LogP contribution in [0.4, 0.5) is 0 Å². The van der Waals surface area contributed by atoms with Gasteiger partial charge in [0.1, 0.15) is 24.0 Å². The highest BCUT2D eigenvalue weighted by Crippen LogP contribution is 2.40. The summed E-state index contributed by atoms with van der Waals surface area (Å²) in [6.07, 6.45) is 5.00. The van der Waals surface area contributed by atoms with E-state index in [2.05, 4.69) is 6.92 Å². The Morgan fingerprint density at radius 3 is 2.20 bits per heavy atom. The minimum absolute atomic E-state index is 0.0337. The second kappa shape index (κ2) is 20.7. The molecule has 0 aromatic heterocycles. The fourth-order valence-electron chi connectivity index (χ4n) is 9.38. The molecule has 1 saturated carbocycles. The maximum Gasteiger partial charge on any atom is 0.329 e. The number of cyclic esters (lactones) is 1. The van der Waals surface area contributed by atoms with E-state index in [0.717, 1.165) is 5.57 Å². The van der Waals surface area contributed by atoms with Gasteiger partial charge in [-0.05, 0) is 89.5 Å². The lowest BCUT2D eigenvalue weighted by atomic mass is 9.80. The minimum Gasteiger partial charge on any atom is -0.456 e. The number of alkyl halides is 1. The normalized spacial score (nSPS) is 40.6. The summed E-state index contributed by atoms with van der Waals surface area (Å²) in [5, 5.41) is 23.2. The number of hydrogen-bond donors (Lipinski definition) is 2. The zero-order valence-electron chi connectivity index (χ0n) is 35.0. The molecule has 4 rings (SSSR count). The number of carbonyl (C=O) groups is 4. The highest BCUT2D eigenvalue weighted by atomic mass is 35.5. The Morgan fingerprint density at radius 2 is 1.55 bits per heavy atom. The number of allylic oxidation sites excluding steroid dienone is 2. The molecule has 0 radical (unpaired) electrons. The molecular weight excluding hydrogens is 742 g/mol. The van der Waals surface area contributed by atoms with Crippen molar-refractivity contribution in [1.29, 1.82) is 0 Å². The van der Waals surface area contributed by atoms with Crippen LogP contribution in [0.2, 0.25) is 0 Å². The molecule has 2 bridgehead atoms. The molecule has 1 amide bonds. The monoisotopic (exact) mass is 809 g/mol. The van der Waals surface area contributed by atoms with E-state index in [9.17, 15) is 29.4 Å². The summed E-state index contributed by atoms with van der Waals surface area (Å²) < 4.78 is 30.1. The molecule has 13 heteroatoms. The number of amides is 1. The number of methoxy groups -OCH3 is 3. The van der Waals surface area contributed by atoms with Crippen LogP contribution >= 0.6 is 11.6 Å². The van der Waals surface area contributed by atoms with Crippen LogP contribution in [-0.4, -0.2) is 120 Å². The van der Waals surface area contributed by atoms with Gasteiger partial charge in [0.15, 0.2) is 0 Å². The number of piperidine rings is 1. The summed E-state index contributed by atoms with van der Waals surface area (Å²) in [7, 11) is 4.68. The number of Topliss-reactive ketones (excluding diaryl/α,β-unsaturated/α-hetero) is 2.